The van der Waals surface area contributed by atoms with E-state index < -0.39 is 0 Å². The number of nitrogens with zero attached hydrogens (tertiary/aromatic N) is 1. The first-order valence-electron chi connectivity index (χ1n) is 7.51. The van der Waals surface area contributed by atoms with Crippen molar-refractivity contribution in [3.63, 3.8) is 0 Å². The maximum absolute atomic E-state index is 12.4. The number of carbonyl (C=O) groups excluding carboxylic acids is 2. The molecule has 0 aliphatic rings. The average molecular weight is 344 g/mol. The molecule has 2 amide bonds. The molecule has 2 rings (SSSR count). The Kier molecular flexibility index (Phi) is 6.09. The molecule has 0 fully saturated rings. The summed E-state index contributed by atoms with van der Waals surface area (Å²) < 4.78 is 0. The molecule has 1 aromatic heterocycles. The number of rotatable bonds is 5. The van der Waals surface area contributed by atoms with E-state index in [1.807, 2.05) is 13.0 Å². The predicted octanol–water partition coefficient (Wildman–Crippen LogP) is 4.28. The fourth-order valence-corrected chi connectivity index (χ4v) is 2.16. The van der Waals surface area contributed by atoms with Gasteiger partial charge in [-0.25, -0.2) is 4.98 Å². The van der Waals surface area contributed by atoms with Gasteiger partial charge in [0, 0.05) is 11.8 Å². The number of anilines is 2. The summed E-state index contributed by atoms with van der Waals surface area (Å²) in [6, 6.07) is 10.0. The Morgan fingerprint density at radius 3 is 2.58 bits per heavy atom. The van der Waals surface area contributed by atoms with Crippen molar-refractivity contribution in [3.8, 4) is 0 Å². The van der Waals surface area contributed by atoms with Crippen LogP contribution in [0.2, 0.25) is 5.02 Å². The van der Waals surface area contributed by atoms with Crippen molar-refractivity contribution in [2.75, 3.05) is 10.6 Å². The lowest BCUT2D eigenvalue weighted by Gasteiger charge is -2.11. The summed E-state index contributed by atoms with van der Waals surface area (Å²) >= 11 is 5.78. The zero-order chi connectivity index (χ0) is 17.5. The van der Waals surface area contributed by atoms with Gasteiger partial charge in [-0.2, -0.15) is 0 Å². The van der Waals surface area contributed by atoms with Crippen LogP contribution in [0, 0.1) is 0 Å². The van der Waals surface area contributed by atoms with E-state index in [9.17, 15) is 9.59 Å². The molecule has 24 heavy (non-hydrogen) atoms. The van der Waals surface area contributed by atoms with Crippen LogP contribution in [0.15, 0.2) is 54.2 Å². The van der Waals surface area contributed by atoms with E-state index in [0.717, 1.165) is 6.42 Å². The van der Waals surface area contributed by atoms with E-state index in [1.54, 1.807) is 43.3 Å². The number of aromatic nitrogens is 1. The first-order chi connectivity index (χ1) is 11.5. The van der Waals surface area contributed by atoms with Gasteiger partial charge in [-0.15, -0.1) is 0 Å². The number of pyridine rings is 1. The Morgan fingerprint density at radius 2 is 1.92 bits per heavy atom. The van der Waals surface area contributed by atoms with E-state index in [2.05, 4.69) is 15.6 Å². The molecule has 0 bridgehead atoms. The molecule has 124 valence electrons. The molecule has 2 aromatic rings. The monoisotopic (exact) mass is 343 g/mol. The second-order valence-electron chi connectivity index (χ2n) is 5.11. The highest BCUT2D eigenvalue weighted by Crippen LogP contribution is 2.18. The summed E-state index contributed by atoms with van der Waals surface area (Å²) in [5.74, 6) is -0.216. The summed E-state index contributed by atoms with van der Waals surface area (Å²) in [6.45, 7) is 3.69. The topological polar surface area (TPSA) is 71.1 Å². The number of benzene rings is 1. The molecule has 1 aromatic carbocycles. The molecule has 6 heteroatoms. The minimum absolute atomic E-state index is 0.235. The van der Waals surface area contributed by atoms with E-state index >= 15 is 0 Å². The largest absolute Gasteiger partial charge is 0.322 e. The summed E-state index contributed by atoms with van der Waals surface area (Å²) in [5, 5.41) is 5.93. The normalized spacial score (nSPS) is 11.0. The van der Waals surface area contributed by atoms with Gasteiger partial charge in [0.25, 0.3) is 11.8 Å². The summed E-state index contributed by atoms with van der Waals surface area (Å²) in [5.41, 5.74) is 1.40. The molecular weight excluding hydrogens is 326 g/mol. The van der Waals surface area contributed by atoms with Crippen LogP contribution in [0.4, 0.5) is 11.5 Å². The first-order valence-corrected chi connectivity index (χ1v) is 7.89. The Hall–Kier alpha value is -2.66. The molecule has 0 unspecified atom stereocenters. The second-order valence-corrected chi connectivity index (χ2v) is 5.55. The van der Waals surface area contributed by atoms with Crippen LogP contribution in [-0.2, 0) is 4.79 Å². The third-order valence-corrected chi connectivity index (χ3v) is 3.48. The first kappa shape index (κ1) is 17.7. The maximum Gasteiger partial charge on any atom is 0.258 e. The van der Waals surface area contributed by atoms with Gasteiger partial charge in [-0.3, -0.25) is 9.59 Å². The minimum atomic E-state index is -0.363. The van der Waals surface area contributed by atoms with Crippen molar-refractivity contribution in [1.82, 2.24) is 4.98 Å². The van der Waals surface area contributed by atoms with E-state index in [4.69, 9.17) is 11.6 Å². The Morgan fingerprint density at radius 1 is 1.17 bits per heavy atom. The third-order valence-electron chi connectivity index (χ3n) is 3.26. The Labute approximate surface area is 145 Å². The Bertz CT molecular complexity index is 770. The zero-order valence-corrected chi connectivity index (χ0v) is 14.2. The molecule has 0 saturated carbocycles. The fraction of sp³-hybridized carbons (Fsp3) is 0.167. The predicted molar refractivity (Wildman–Crippen MR) is 96.3 cm³/mol. The highest BCUT2D eigenvalue weighted by molar-refractivity contribution is 6.30. The quantitative estimate of drug-likeness (QED) is 0.796. The molecule has 0 aliphatic carbocycles. The van der Waals surface area contributed by atoms with Crippen molar-refractivity contribution in [1.29, 1.82) is 0 Å². The second kappa shape index (κ2) is 8.26. The van der Waals surface area contributed by atoms with Crippen LogP contribution in [0.25, 0.3) is 0 Å². The molecule has 0 aliphatic heterocycles. The number of allylic oxidation sites excluding steroid dienone is 1. The van der Waals surface area contributed by atoms with Crippen LogP contribution >= 0.6 is 11.6 Å². The summed E-state index contributed by atoms with van der Waals surface area (Å²) in [6.07, 6.45) is 4.04. The summed E-state index contributed by atoms with van der Waals surface area (Å²) in [7, 11) is 0. The van der Waals surface area contributed by atoms with Crippen molar-refractivity contribution in [2.24, 2.45) is 0 Å². The van der Waals surface area contributed by atoms with E-state index in [1.165, 1.54) is 6.20 Å². The van der Waals surface area contributed by atoms with Crippen molar-refractivity contribution >= 4 is 34.9 Å². The number of para-hydroxylation sites is 1. The average Bonchev–Trinajstić information content (AvgIpc) is 2.57. The van der Waals surface area contributed by atoms with Gasteiger partial charge in [0.15, 0.2) is 0 Å². The smallest absolute Gasteiger partial charge is 0.258 e. The molecule has 0 radical (unpaired) electrons. The molecule has 0 atom stereocenters. The zero-order valence-electron chi connectivity index (χ0n) is 13.5. The highest BCUT2D eigenvalue weighted by atomic mass is 35.5. The van der Waals surface area contributed by atoms with Gasteiger partial charge >= 0.3 is 0 Å². The molecule has 1 heterocycles. The molecule has 0 spiro atoms. The highest BCUT2D eigenvalue weighted by Gasteiger charge is 2.14. The molecule has 5 nitrogen and oxygen atoms in total. The molecule has 2 N–H and O–H groups in total. The standard InChI is InChI=1S/C18H18ClN3O2/c1-3-6-12(2)17(23)21-15-8-5-4-7-14(15)18(24)22-16-10-9-13(19)11-20-16/h4-11H,3H2,1-2H3,(H,21,23)(H,20,22,24). The maximum atomic E-state index is 12.4. The van der Waals surface area contributed by atoms with Crippen molar-refractivity contribution in [2.45, 2.75) is 20.3 Å². The third kappa shape index (κ3) is 4.67. The van der Waals surface area contributed by atoms with Gasteiger partial charge in [-0.05, 0) is 37.6 Å². The SMILES string of the molecule is CCC=C(C)C(=O)Nc1ccccc1C(=O)Nc1ccc(Cl)cn1. The lowest BCUT2D eigenvalue weighted by Crippen LogP contribution is -2.19. The van der Waals surface area contributed by atoms with Crippen molar-refractivity contribution in [3.05, 3.63) is 64.8 Å². The van der Waals surface area contributed by atoms with Gasteiger partial charge in [0.2, 0.25) is 0 Å². The van der Waals surface area contributed by atoms with Crippen LogP contribution in [0.5, 0.6) is 0 Å². The lowest BCUT2D eigenvalue weighted by molar-refractivity contribution is -0.112. The lowest BCUT2D eigenvalue weighted by atomic mass is 10.1. The van der Waals surface area contributed by atoms with Gasteiger partial charge in [0.1, 0.15) is 5.82 Å². The minimum Gasteiger partial charge on any atom is -0.322 e. The van der Waals surface area contributed by atoms with Gasteiger partial charge in [0.05, 0.1) is 16.3 Å². The van der Waals surface area contributed by atoms with Crippen LogP contribution < -0.4 is 10.6 Å². The van der Waals surface area contributed by atoms with Crippen LogP contribution in [0.1, 0.15) is 30.6 Å². The van der Waals surface area contributed by atoms with E-state index in [0.29, 0.717) is 27.7 Å². The molecular formula is C18H18ClN3O2. The van der Waals surface area contributed by atoms with Crippen LogP contribution in [-0.4, -0.2) is 16.8 Å². The van der Waals surface area contributed by atoms with Crippen LogP contribution in [0.3, 0.4) is 0 Å². The number of hydrogen-bond acceptors (Lipinski definition) is 3. The fourth-order valence-electron chi connectivity index (χ4n) is 2.04. The number of amides is 2. The van der Waals surface area contributed by atoms with E-state index in [-0.39, 0.29) is 11.8 Å². The number of carbonyl (C=O) groups is 2. The number of halogens is 1. The van der Waals surface area contributed by atoms with Gasteiger partial charge < -0.3 is 10.6 Å². The Balaban J connectivity index is 2.18. The molecule has 0 saturated heterocycles. The van der Waals surface area contributed by atoms with Gasteiger partial charge in [-0.1, -0.05) is 36.7 Å². The summed E-state index contributed by atoms with van der Waals surface area (Å²) in [4.78, 5) is 28.6. The number of hydrogen-bond donors (Lipinski definition) is 2. The number of nitrogens with one attached hydrogen (secondary N) is 2. The van der Waals surface area contributed by atoms with Crippen molar-refractivity contribution < 1.29 is 9.59 Å².